The van der Waals surface area contributed by atoms with Gasteiger partial charge in [0, 0.05) is 12.6 Å². The van der Waals surface area contributed by atoms with Crippen LogP contribution in [-0.2, 0) is 6.42 Å². The van der Waals surface area contributed by atoms with E-state index in [9.17, 15) is 0 Å². The van der Waals surface area contributed by atoms with E-state index in [2.05, 4.69) is 0 Å². The van der Waals surface area contributed by atoms with Crippen molar-refractivity contribution < 1.29 is 0 Å². The second-order valence-corrected chi connectivity index (χ2v) is 3.91. The van der Waals surface area contributed by atoms with Gasteiger partial charge in [0.25, 0.3) is 0 Å². The maximum Gasteiger partial charge on any atom is 0.0627 e. The van der Waals surface area contributed by atoms with Gasteiger partial charge < -0.3 is 11.5 Å². The molecule has 0 aliphatic carbocycles. The summed E-state index contributed by atoms with van der Waals surface area (Å²) in [6.07, 6.45) is 0.808. The third kappa shape index (κ3) is 2.20. The van der Waals surface area contributed by atoms with E-state index in [1.165, 1.54) is 0 Å². The molecule has 0 heterocycles. The molecular weight excluding hydrogens is 219 g/mol. The molecule has 0 radical (unpaired) electrons. The number of hydrogen-bond donors (Lipinski definition) is 2. The Labute approximate surface area is 94.2 Å². The minimum atomic E-state index is -0.167. The smallest absolute Gasteiger partial charge is 0.0627 e. The van der Waals surface area contributed by atoms with Crippen molar-refractivity contribution in [3.05, 3.63) is 33.3 Å². The number of hydrogen-bond acceptors (Lipinski definition) is 2. The van der Waals surface area contributed by atoms with Gasteiger partial charge in [0.2, 0.25) is 0 Å². The summed E-state index contributed by atoms with van der Waals surface area (Å²) in [6.45, 7) is 2.43. The molecule has 0 fully saturated rings. The zero-order chi connectivity index (χ0) is 10.7. The van der Waals surface area contributed by atoms with E-state index in [1.807, 2.05) is 13.0 Å². The van der Waals surface area contributed by atoms with E-state index in [0.29, 0.717) is 16.6 Å². The van der Waals surface area contributed by atoms with Gasteiger partial charge in [0.15, 0.2) is 0 Å². The van der Waals surface area contributed by atoms with E-state index >= 15 is 0 Å². The molecule has 0 unspecified atom stereocenters. The number of benzene rings is 1. The number of nitrogens with two attached hydrogens (primary N) is 2. The van der Waals surface area contributed by atoms with Crippen LogP contribution in [0.15, 0.2) is 12.1 Å². The highest BCUT2D eigenvalue weighted by Crippen LogP contribution is 2.31. The Morgan fingerprint density at radius 2 is 2.00 bits per heavy atom. The van der Waals surface area contributed by atoms with Crippen molar-refractivity contribution >= 4 is 23.2 Å². The van der Waals surface area contributed by atoms with E-state index in [-0.39, 0.29) is 6.04 Å². The van der Waals surface area contributed by atoms with Crippen molar-refractivity contribution in [2.45, 2.75) is 19.4 Å². The summed E-state index contributed by atoms with van der Waals surface area (Å²) in [5.41, 5.74) is 13.4. The van der Waals surface area contributed by atoms with Crippen LogP contribution in [0.25, 0.3) is 0 Å². The van der Waals surface area contributed by atoms with Crippen LogP contribution in [-0.4, -0.2) is 6.54 Å². The SMILES string of the molecule is CCc1c([C@@H](N)CN)ccc(Cl)c1Cl. The molecule has 78 valence electrons. The fourth-order valence-electron chi connectivity index (χ4n) is 1.44. The fraction of sp³-hybridized carbons (Fsp3) is 0.400. The maximum atomic E-state index is 6.07. The van der Waals surface area contributed by atoms with Crippen LogP contribution >= 0.6 is 23.2 Å². The number of rotatable bonds is 3. The van der Waals surface area contributed by atoms with Gasteiger partial charge in [0.1, 0.15) is 0 Å². The normalized spacial score (nSPS) is 12.9. The van der Waals surface area contributed by atoms with E-state index in [1.54, 1.807) is 6.07 Å². The monoisotopic (exact) mass is 232 g/mol. The molecule has 4 N–H and O–H groups in total. The van der Waals surface area contributed by atoms with Gasteiger partial charge in [-0.25, -0.2) is 0 Å². The Morgan fingerprint density at radius 1 is 1.36 bits per heavy atom. The van der Waals surface area contributed by atoms with Gasteiger partial charge in [-0.05, 0) is 23.6 Å². The zero-order valence-electron chi connectivity index (χ0n) is 8.06. The highest BCUT2D eigenvalue weighted by atomic mass is 35.5. The van der Waals surface area contributed by atoms with Gasteiger partial charge in [-0.2, -0.15) is 0 Å². The van der Waals surface area contributed by atoms with Crippen LogP contribution in [0.1, 0.15) is 24.1 Å². The summed E-state index contributed by atoms with van der Waals surface area (Å²) >= 11 is 12.0. The van der Waals surface area contributed by atoms with Crippen molar-refractivity contribution in [1.29, 1.82) is 0 Å². The molecular formula is C10H14Cl2N2. The minimum Gasteiger partial charge on any atom is -0.329 e. The van der Waals surface area contributed by atoms with E-state index in [4.69, 9.17) is 34.7 Å². The first-order valence-electron chi connectivity index (χ1n) is 4.54. The molecule has 14 heavy (non-hydrogen) atoms. The molecule has 0 spiro atoms. The van der Waals surface area contributed by atoms with E-state index < -0.39 is 0 Å². The molecule has 1 aromatic rings. The molecule has 0 amide bonds. The largest absolute Gasteiger partial charge is 0.329 e. The lowest BCUT2D eigenvalue weighted by Gasteiger charge is -2.15. The maximum absolute atomic E-state index is 6.07. The molecule has 0 saturated heterocycles. The van der Waals surface area contributed by atoms with Gasteiger partial charge in [-0.3, -0.25) is 0 Å². The molecule has 4 heteroatoms. The van der Waals surface area contributed by atoms with Crippen molar-refractivity contribution in [1.82, 2.24) is 0 Å². The van der Waals surface area contributed by atoms with E-state index in [0.717, 1.165) is 17.5 Å². The molecule has 1 atom stereocenters. The van der Waals surface area contributed by atoms with Crippen LogP contribution in [0.3, 0.4) is 0 Å². The average Bonchev–Trinajstić information content (AvgIpc) is 2.20. The predicted molar refractivity (Wildman–Crippen MR) is 61.8 cm³/mol. The van der Waals surface area contributed by atoms with Crippen molar-refractivity contribution in [2.75, 3.05) is 6.54 Å². The summed E-state index contributed by atoms with van der Waals surface area (Å²) < 4.78 is 0. The van der Waals surface area contributed by atoms with Crippen LogP contribution in [0.4, 0.5) is 0 Å². The first kappa shape index (κ1) is 11.8. The van der Waals surface area contributed by atoms with Crippen molar-refractivity contribution in [3.63, 3.8) is 0 Å². The van der Waals surface area contributed by atoms with Gasteiger partial charge in [-0.1, -0.05) is 36.2 Å². The average molecular weight is 233 g/mol. The second-order valence-electron chi connectivity index (χ2n) is 3.12. The quantitative estimate of drug-likeness (QED) is 0.842. The third-order valence-corrected chi connectivity index (χ3v) is 3.08. The summed E-state index contributed by atoms with van der Waals surface area (Å²) in [6, 6.07) is 3.48. The van der Waals surface area contributed by atoms with Crippen molar-refractivity contribution in [2.24, 2.45) is 11.5 Å². The Balaban J connectivity index is 3.23. The van der Waals surface area contributed by atoms with Crippen LogP contribution < -0.4 is 11.5 Å². The Morgan fingerprint density at radius 3 is 2.50 bits per heavy atom. The van der Waals surface area contributed by atoms with Gasteiger partial charge in [-0.15, -0.1) is 0 Å². The third-order valence-electron chi connectivity index (χ3n) is 2.24. The first-order valence-corrected chi connectivity index (χ1v) is 5.29. The molecule has 1 aromatic carbocycles. The highest BCUT2D eigenvalue weighted by Gasteiger charge is 2.13. The van der Waals surface area contributed by atoms with Crippen LogP contribution in [0.5, 0.6) is 0 Å². The van der Waals surface area contributed by atoms with Gasteiger partial charge in [0.05, 0.1) is 10.0 Å². The lowest BCUT2D eigenvalue weighted by Crippen LogP contribution is -2.22. The number of halogens is 2. The lowest BCUT2D eigenvalue weighted by atomic mass is 9.99. The highest BCUT2D eigenvalue weighted by molar-refractivity contribution is 6.42. The summed E-state index contributed by atoms with van der Waals surface area (Å²) in [4.78, 5) is 0. The molecule has 0 aliphatic rings. The predicted octanol–water partition coefficient (Wildman–Crippen LogP) is 2.51. The van der Waals surface area contributed by atoms with Crippen LogP contribution in [0.2, 0.25) is 10.0 Å². The summed E-state index contributed by atoms with van der Waals surface area (Å²) in [7, 11) is 0. The molecule has 1 rings (SSSR count). The molecule has 0 saturated carbocycles. The summed E-state index contributed by atoms with van der Waals surface area (Å²) in [5, 5.41) is 1.16. The second kappa shape index (κ2) is 4.99. The zero-order valence-corrected chi connectivity index (χ0v) is 9.57. The topological polar surface area (TPSA) is 52.0 Å². The Bertz CT molecular complexity index is 326. The summed E-state index contributed by atoms with van der Waals surface area (Å²) in [5.74, 6) is 0. The first-order chi connectivity index (χ1) is 6.61. The molecule has 2 nitrogen and oxygen atoms in total. The standard InChI is InChI=1S/C10H14Cl2N2/c1-2-6-7(9(14)5-13)3-4-8(11)10(6)12/h3-4,9H,2,5,13-14H2,1H3/t9-/m0/s1. The molecule has 0 aliphatic heterocycles. The molecule has 0 aromatic heterocycles. The molecule has 0 bridgehead atoms. The van der Waals surface area contributed by atoms with Gasteiger partial charge >= 0.3 is 0 Å². The minimum absolute atomic E-state index is 0.167. The van der Waals surface area contributed by atoms with Crippen LogP contribution in [0, 0.1) is 0 Å². The fourth-order valence-corrected chi connectivity index (χ4v) is 1.92. The Kier molecular flexibility index (Phi) is 4.20. The Hall–Kier alpha value is -0.280. The lowest BCUT2D eigenvalue weighted by molar-refractivity contribution is 0.727. The van der Waals surface area contributed by atoms with Crippen molar-refractivity contribution in [3.8, 4) is 0 Å².